The van der Waals surface area contributed by atoms with Gasteiger partial charge in [0.25, 0.3) is 0 Å². The second kappa shape index (κ2) is 11.4. The Balaban J connectivity index is 1.51. The van der Waals surface area contributed by atoms with Crippen LogP contribution < -0.4 is 0 Å². The molecule has 1 saturated carbocycles. The van der Waals surface area contributed by atoms with Crippen molar-refractivity contribution >= 4 is 34.5 Å². The molecule has 0 atom stereocenters. The van der Waals surface area contributed by atoms with Crippen LogP contribution in [0.4, 0.5) is 0 Å². The highest BCUT2D eigenvalue weighted by molar-refractivity contribution is 7.10. The van der Waals surface area contributed by atoms with Gasteiger partial charge in [-0.1, -0.05) is 61.7 Å². The summed E-state index contributed by atoms with van der Waals surface area (Å²) in [7, 11) is 0. The van der Waals surface area contributed by atoms with Crippen molar-refractivity contribution in [2.24, 2.45) is 0 Å². The van der Waals surface area contributed by atoms with E-state index >= 15 is 0 Å². The summed E-state index contributed by atoms with van der Waals surface area (Å²) in [6.07, 6.45) is 5.84. The number of thiophene rings is 2. The normalized spacial score (nSPS) is 14.2. The number of hydrogen-bond acceptors (Lipinski definition) is 4. The highest BCUT2D eigenvalue weighted by Crippen LogP contribution is 2.24. The van der Waals surface area contributed by atoms with E-state index in [0.29, 0.717) is 19.5 Å². The molecule has 6 heteroatoms. The van der Waals surface area contributed by atoms with Crippen LogP contribution in [0.25, 0.3) is 0 Å². The Morgan fingerprint density at radius 2 is 1.47 bits per heavy atom. The fourth-order valence-electron chi connectivity index (χ4n) is 4.35. The van der Waals surface area contributed by atoms with Crippen LogP contribution >= 0.6 is 22.7 Å². The van der Waals surface area contributed by atoms with Crippen molar-refractivity contribution < 1.29 is 9.59 Å². The van der Waals surface area contributed by atoms with Crippen LogP contribution in [0.5, 0.6) is 0 Å². The topological polar surface area (TPSA) is 40.6 Å². The second-order valence-corrected chi connectivity index (χ2v) is 10.4. The van der Waals surface area contributed by atoms with Gasteiger partial charge in [0, 0.05) is 22.3 Å². The summed E-state index contributed by atoms with van der Waals surface area (Å²) in [5.74, 6) is 0.0934. The summed E-state index contributed by atoms with van der Waals surface area (Å²) >= 11 is 3.27. The van der Waals surface area contributed by atoms with E-state index < -0.39 is 0 Å². The molecule has 0 bridgehead atoms. The maximum Gasteiger partial charge on any atom is 0.242 e. The quantitative estimate of drug-likeness (QED) is 0.403. The third kappa shape index (κ3) is 6.30. The molecule has 0 N–H and O–H groups in total. The van der Waals surface area contributed by atoms with E-state index in [1.165, 1.54) is 6.42 Å². The summed E-state index contributed by atoms with van der Waals surface area (Å²) in [6.45, 7) is 1.28. The Morgan fingerprint density at radius 3 is 2.12 bits per heavy atom. The SMILES string of the molecule is O=C(CN(C(=O)Cc1cccs1)C1CCCCC1)N(Cc1ccccc1)Cc1cccs1. The number of amides is 2. The van der Waals surface area contributed by atoms with Gasteiger partial charge in [0.2, 0.25) is 11.8 Å². The van der Waals surface area contributed by atoms with Crippen molar-refractivity contribution in [3.8, 4) is 0 Å². The van der Waals surface area contributed by atoms with Gasteiger partial charge in [0.05, 0.1) is 13.0 Å². The Morgan fingerprint density at radius 1 is 0.781 bits per heavy atom. The minimum absolute atomic E-state index is 0.0207. The van der Waals surface area contributed by atoms with Crippen LogP contribution in [0.3, 0.4) is 0 Å². The lowest BCUT2D eigenvalue weighted by Gasteiger charge is -2.35. The van der Waals surface area contributed by atoms with Crippen molar-refractivity contribution in [3.63, 3.8) is 0 Å². The van der Waals surface area contributed by atoms with E-state index in [9.17, 15) is 9.59 Å². The lowest BCUT2D eigenvalue weighted by Crippen LogP contribution is -2.48. The Hall–Kier alpha value is -2.44. The van der Waals surface area contributed by atoms with Gasteiger partial charge in [-0.15, -0.1) is 22.7 Å². The second-order valence-electron chi connectivity index (χ2n) is 8.38. The van der Waals surface area contributed by atoms with Crippen LogP contribution in [0.15, 0.2) is 65.4 Å². The fourth-order valence-corrected chi connectivity index (χ4v) is 5.77. The fraction of sp³-hybridized carbons (Fsp3) is 0.385. The predicted molar refractivity (Wildman–Crippen MR) is 132 cm³/mol. The largest absolute Gasteiger partial charge is 0.332 e. The van der Waals surface area contributed by atoms with E-state index in [4.69, 9.17) is 0 Å². The van der Waals surface area contributed by atoms with E-state index in [2.05, 4.69) is 18.2 Å². The van der Waals surface area contributed by atoms with E-state index in [-0.39, 0.29) is 24.4 Å². The van der Waals surface area contributed by atoms with Gasteiger partial charge in [0.15, 0.2) is 0 Å². The summed E-state index contributed by atoms with van der Waals surface area (Å²) in [6, 6.07) is 18.3. The lowest BCUT2D eigenvalue weighted by molar-refractivity contribution is -0.143. The Labute approximate surface area is 198 Å². The maximum atomic E-state index is 13.6. The number of rotatable bonds is 9. The van der Waals surface area contributed by atoms with Gasteiger partial charge in [0.1, 0.15) is 6.54 Å². The third-order valence-corrected chi connectivity index (χ3v) is 7.78. The molecule has 0 saturated heterocycles. The van der Waals surface area contributed by atoms with Gasteiger partial charge in [-0.25, -0.2) is 0 Å². The van der Waals surface area contributed by atoms with E-state index in [1.807, 2.05) is 57.0 Å². The first-order valence-corrected chi connectivity index (χ1v) is 13.1. The average molecular weight is 467 g/mol. The number of carbonyl (C=O) groups is 2. The van der Waals surface area contributed by atoms with Crippen molar-refractivity contribution in [1.29, 1.82) is 0 Å². The third-order valence-electron chi connectivity index (χ3n) is 6.04. The van der Waals surface area contributed by atoms with Crippen molar-refractivity contribution in [2.45, 2.75) is 57.7 Å². The zero-order valence-electron chi connectivity index (χ0n) is 18.3. The summed E-state index contributed by atoms with van der Waals surface area (Å²) in [4.78, 5) is 32.9. The molecule has 1 aromatic carbocycles. The molecule has 1 fully saturated rings. The van der Waals surface area contributed by atoms with Crippen LogP contribution in [0, 0.1) is 0 Å². The van der Waals surface area contributed by atoms with Gasteiger partial charge >= 0.3 is 0 Å². The molecular formula is C26H30N2O2S2. The summed E-state index contributed by atoms with van der Waals surface area (Å²) in [5.41, 5.74) is 1.10. The van der Waals surface area contributed by atoms with Crippen LogP contribution in [-0.2, 0) is 29.1 Å². The molecule has 2 heterocycles. The molecule has 0 spiro atoms. The first kappa shape index (κ1) is 22.7. The minimum atomic E-state index is 0.0207. The number of carbonyl (C=O) groups excluding carboxylic acids is 2. The van der Waals surface area contributed by atoms with Gasteiger partial charge in [-0.2, -0.15) is 0 Å². The molecule has 4 nitrogen and oxygen atoms in total. The van der Waals surface area contributed by atoms with Crippen molar-refractivity contribution in [1.82, 2.24) is 9.80 Å². The van der Waals surface area contributed by atoms with E-state index in [0.717, 1.165) is 41.0 Å². The van der Waals surface area contributed by atoms with Gasteiger partial charge < -0.3 is 9.80 Å². The maximum absolute atomic E-state index is 13.6. The highest BCUT2D eigenvalue weighted by Gasteiger charge is 2.29. The molecule has 168 valence electrons. The monoisotopic (exact) mass is 466 g/mol. The highest BCUT2D eigenvalue weighted by atomic mass is 32.1. The molecule has 3 aromatic rings. The lowest BCUT2D eigenvalue weighted by atomic mass is 9.94. The Kier molecular flexibility index (Phi) is 8.13. The van der Waals surface area contributed by atoms with Gasteiger partial charge in [-0.3, -0.25) is 9.59 Å². The zero-order valence-corrected chi connectivity index (χ0v) is 20.0. The summed E-state index contributed by atoms with van der Waals surface area (Å²) < 4.78 is 0. The van der Waals surface area contributed by atoms with Crippen LogP contribution in [-0.4, -0.2) is 34.2 Å². The van der Waals surface area contributed by atoms with Gasteiger partial charge in [-0.05, 0) is 41.3 Å². The number of nitrogens with zero attached hydrogens (tertiary/aromatic N) is 2. The van der Waals surface area contributed by atoms with Crippen molar-refractivity contribution in [2.75, 3.05) is 6.54 Å². The predicted octanol–water partition coefficient (Wildman–Crippen LogP) is 5.74. The molecule has 2 amide bonds. The number of hydrogen-bond donors (Lipinski definition) is 0. The smallest absolute Gasteiger partial charge is 0.242 e. The number of benzene rings is 1. The standard InChI is InChI=1S/C26H30N2O2S2/c29-25(17-23-13-7-15-31-23)28(22-11-5-2-6-12-22)20-26(30)27(19-24-14-8-16-32-24)18-21-9-3-1-4-10-21/h1,3-4,7-10,13-16,22H,2,5-6,11-12,17-20H2. The average Bonchev–Trinajstić information content (AvgIpc) is 3.52. The molecule has 0 radical (unpaired) electrons. The van der Waals surface area contributed by atoms with Crippen LogP contribution in [0.1, 0.15) is 47.4 Å². The zero-order chi connectivity index (χ0) is 22.2. The molecule has 0 aliphatic heterocycles. The molecule has 4 rings (SSSR count). The molecule has 1 aliphatic carbocycles. The molecule has 0 unspecified atom stereocenters. The Bertz CT molecular complexity index is 965. The summed E-state index contributed by atoms with van der Waals surface area (Å²) in [5, 5.41) is 4.04. The molecular weight excluding hydrogens is 436 g/mol. The minimum Gasteiger partial charge on any atom is -0.332 e. The first-order valence-electron chi connectivity index (χ1n) is 11.3. The molecule has 32 heavy (non-hydrogen) atoms. The molecule has 1 aliphatic rings. The van der Waals surface area contributed by atoms with E-state index in [1.54, 1.807) is 22.7 Å². The van der Waals surface area contributed by atoms with Crippen molar-refractivity contribution in [3.05, 3.63) is 80.7 Å². The first-order chi connectivity index (χ1) is 15.7. The van der Waals surface area contributed by atoms with Crippen LogP contribution in [0.2, 0.25) is 0 Å². The molecule has 2 aromatic heterocycles.